The Balaban J connectivity index is 0.00000225. The summed E-state index contributed by atoms with van der Waals surface area (Å²) in [7, 11) is 0. The number of nitrogens with one attached hydrogen (secondary N) is 1. The van der Waals surface area contributed by atoms with E-state index in [0.717, 1.165) is 32.7 Å². The normalized spacial score (nSPS) is 9.81. The molecular formula is C12H21ClN2O. The Kier molecular flexibility index (Phi) is 10.4. The van der Waals surface area contributed by atoms with Gasteiger partial charge in [0.2, 0.25) is 0 Å². The predicted octanol–water partition coefficient (Wildman–Crippen LogP) is 2.41. The van der Waals surface area contributed by atoms with E-state index in [9.17, 15) is 0 Å². The SMILES string of the molecule is CCOCCCCNCc1cccnc1.Cl. The van der Waals surface area contributed by atoms with Gasteiger partial charge in [0.05, 0.1) is 0 Å². The van der Waals surface area contributed by atoms with Crippen molar-refractivity contribution in [3.8, 4) is 0 Å². The summed E-state index contributed by atoms with van der Waals surface area (Å²) < 4.78 is 5.26. The minimum absolute atomic E-state index is 0. The van der Waals surface area contributed by atoms with Crippen molar-refractivity contribution in [2.24, 2.45) is 0 Å². The van der Waals surface area contributed by atoms with E-state index in [1.54, 1.807) is 6.20 Å². The van der Waals surface area contributed by atoms with Gasteiger partial charge in [-0.25, -0.2) is 0 Å². The molecular weight excluding hydrogens is 224 g/mol. The first kappa shape index (κ1) is 15.4. The second-order valence-corrected chi connectivity index (χ2v) is 3.44. The van der Waals surface area contributed by atoms with Gasteiger partial charge in [-0.2, -0.15) is 0 Å². The average Bonchev–Trinajstić information content (AvgIpc) is 2.29. The zero-order chi connectivity index (χ0) is 10.8. The number of hydrogen-bond acceptors (Lipinski definition) is 3. The van der Waals surface area contributed by atoms with Crippen LogP contribution in [0.1, 0.15) is 25.3 Å². The lowest BCUT2D eigenvalue weighted by Crippen LogP contribution is -2.15. The molecule has 0 aliphatic carbocycles. The van der Waals surface area contributed by atoms with Gasteiger partial charge in [-0.3, -0.25) is 4.98 Å². The van der Waals surface area contributed by atoms with Crippen molar-refractivity contribution in [2.75, 3.05) is 19.8 Å². The minimum atomic E-state index is 0. The van der Waals surface area contributed by atoms with E-state index < -0.39 is 0 Å². The highest BCUT2D eigenvalue weighted by Crippen LogP contribution is 1.95. The van der Waals surface area contributed by atoms with Gasteiger partial charge in [-0.1, -0.05) is 6.07 Å². The highest BCUT2D eigenvalue weighted by molar-refractivity contribution is 5.85. The molecule has 1 heterocycles. The smallest absolute Gasteiger partial charge is 0.0466 e. The van der Waals surface area contributed by atoms with E-state index in [-0.39, 0.29) is 12.4 Å². The van der Waals surface area contributed by atoms with Crippen LogP contribution >= 0.6 is 12.4 Å². The molecule has 0 aromatic carbocycles. The first-order chi connectivity index (χ1) is 7.43. The standard InChI is InChI=1S/C12H20N2O.ClH/c1-2-15-9-4-3-7-13-10-12-6-5-8-14-11-12;/h5-6,8,11,13H,2-4,7,9-10H2,1H3;1H. The fourth-order valence-corrected chi connectivity index (χ4v) is 1.33. The van der Waals surface area contributed by atoms with Crippen LogP contribution in [0, 0.1) is 0 Å². The number of rotatable bonds is 8. The highest BCUT2D eigenvalue weighted by Gasteiger charge is 1.91. The van der Waals surface area contributed by atoms with Gasteiger partial charge < -0.3 is 10.1 Å². The maximum Gasteiger partial charge on any atom is 0.0466 e. The largest absolute Gasteiger partial charge is 0.382 e. The number of aromatic nitrogens is 1. The van der Waals surface area contributed by atoms with Gasteiger partial charge in [0.25, 0.3) is 0 Å². The van der Waals surface area contributed by atoms with E-state index >= 15 is 0 Å². The number of unbranched alkanes of at least 4 members (excludes halogenated alkanes) is 1. The Bertz CT molecular complexity index is 244. The zero-order valence-electron chi connectivity index (χ0n) is 9.82. The second kappa shape index (κ2) is 10.9. The van der Waals surface area contributed by atoms with Gasteiger partial charge in [-0.15, -0.1) is 12.4 Å². The number of pyridine rings is 1. The van der Waals surface area contributed by atoms with Crippen molar-refractivity contribution in [1.82, 2.24) is 10.3 Å². The molecule has 1 aromatic rings. The minimum Gasteiger partial charge on any atom is -0.382 e. The quantitative estimate of drug-likeness (QED) is 0.714. The molecule has 1 aromatic heterocycles. The number of hydrogen-bond donors (Lipinski definition) is 1. The van der Waals surface area contributed by atoms with Crippen LogP contribution in [-0.4, -0.2) is 24.7 Å². The molecule has 0 atom stereocenters. The van der Waals surface area contributed by atoms with Crippen molar-refractivity contribution in [2.45, 2.75) is 26.3 Å². The van der Waals surface area contributed by atoms with Crippen LogP contribution in [-0.2, 0) is 11.3 Å². The first-order valence-corrected chi connectivity index (χ1v) is 5.61. The van der Waals surface area contributed by atoms with Crippen molar-refractivity contribution in [1.29, 1.82) is 0 Å². The lowest BCUT2D eigenvalue weighted by atomic mass is 10.2. The van der Waals surface area contributed by atoms with Crippen molar-refractivity contribution < 1.29 is 4.74 Å². The first-order valence-electron chi connectivity index (χ1n) is 5.61. The summed E-state index contributed by atoms with van der Waals surface area (Å²) in [5.41, 5.74) is 1.24. The van der Waals surface area contributed by atoms with Gasteiger partial charge in [0, 0.05) is 32.2 Å². The third-order valence-corrected chi connectivity index (χ3v) is 2.15. The van der Waals surface area contributed by atoms with Crippen LogP contribution in [0.25, 0.3) is 0 Å². The fourth-order valence-electron chi connectivity index (χ4n) is 1.33. The van der Waals surface area contributed by atoms with Gasteiger partial charge in [0.15, 0.2) is 0 Å². The number of ether oxygens (including phenoxy) is 1. The topological polar surface area (TPSA) is 34.1 Å². The van der Waals surface area contributed by atoms with E-state index in [2.05, 4.69) is 16.4 Å². The summed E-state index contributed by atoms with van der Waals surface area (Å²) in [6.45, 7) is 5.68. The third kappa shape index (κ3) is 7.63. The van der Waals surface area contributed by atoms with E-state index in [4.69, 9.17) is 4.74 Å². The Morgan fingerprint density at radius 3 is 2.94 bits per heavy atom. The molecule has 0 saturated heterocycles. The van der Waals surface area contributed by atoms with E-state index in [1.807, 2.05) is 19.2 Å². The van der Waals surface area contributed by atoms with E-state index in [1.165, 1.54) is 12.0 Å². The molecule has 92 valence electrons. The molecule has 0 bridgehead atoms. The Labute approximate surface area is 104 Å². The monoisotopic (exact) mass is 244 g/mol. The zero-order valence-corrected chi connectivity index (χ0v) is 10.6. The molecule has 16 heavy (non-hydrogen) atoms. The van der Waals surface area contributed by atoms with Crippen LogP contribution in [0.15, 0.2) is 24.5 Å². The summed E-state index contributed by atoms with van der Waals surface area (Å²) in [6.07, 6.45) is 5.99. The molecule has 0 radical (unpaired) electrons. The van der Waals surface area contributed by atoms with Crippen LogP contribution in [0.5, 0.6) is 0 Å². The lowest BCUT2D eigenvalue weighted by Gasteiger charge is -2.04. The van der Waals surface area contributed by atoms with Crippen LogP contribution in [0.4, 0.5) is 0 Å². The lowest BCUT2D eigenvalue weighted by molar-refractivity contribution is 0.143. The summed E-state index contributed by atoms with van der Waals surface area (Å²) in [5.74, 6) is 0. The van der Waals surface area contributed by atoms with Crippen molar-refractivity contribution in [3.05, 3.63) is 30.1 Å². The Morgan fingerprint density at radius 1 is 1.38 bits per heavy atom. The molecule has 0 amide bonds. The van der Waals surface area contributed by atoms with Gasteiger partial charge in [-0.05, 0) is 37.9 Å². The molecule has 0 spiro atoms. The molecule has 0 unspecified atom stereocenters. The molecule has 0 saturated carbocycles. The van der Waals surface area contributed by atoms with E-state index in [0.29, 0.717) is 0 Å². The van der Waals surface area contributed by atoms with Crippen LogP contribution in [0.2, 0.25) is 0 Å². The van der Waals surface area contributed by atoms with Crippen molar-refractivity contribution in [3.63, 3.8) is 0 Å². The number of nitrogens with zero attached hydrogens (tertiary/aromatic N) is 1. The third-order valence-electron chi connectivity index (χ3n) is 2.15. The highest BCUT2D eigenvalue weighted by atomic mass is 35.5. The maximum atomic E-state index is 5.26. The Hall–Kier alpha value is -0.640. The molecule has 1 rings (SSSR count). The Morgan fingerprint density at radius 2 is 2.25 bits per heavy atom. The molecule has 0 aliphatic rings. The van der Waals surface area contributed by atoms with Gasteiger partial charge in [0.1, 0.15) is 0 Å². The molecule has 0 aliphatic heterocycles. The predicted molar refractivity (Wildman–Crippen MR) is 68.9 cm³/mol. The second-order valence-electron chi connectivity index (χ2n) is 3.44. The van der Waals surface area contributed by atoms with Crippen LogP contribution in [0.3, 0.4) is 0 Å². The molecule has 0 fully saturated rings. The van der Waals surface area contributed by atoms with Gasteiger partial charge >= 0.3 is 0 Å². The molecule has 1 N–H and O–H groups in total. The molecule has 4 heteroatoms. The summed E-state index contributed by atoms with van der Waals surface area (Å²) in [6, 6.07) is 4.05. The summed E-state index contributed by atoms with van der Waals surface area (Å²) >= 11 is 0. The molecule has 3 nitrogen and oxygen atoms in total. The van der Waals surface area contributed by atoms with Crippen molar-refractivity contribution >= 4 is 12.4 Å². The van der Waals surface area contributed by atoms with Crippen LogP contribution < -0.4 is 5.32 Å². The number of halogens is 1. The summed E-state index contributed by atoms with van der Waals surface area (Å²) in [4.78, 5) is 4.06. The summed E-state index contributed by atoms with van der Waals surface area (Å²) in [5, 5.41) is 3.38. The average molecular weight is 245 g/mol. The maximum absolute atomic E-state index is 5.26. The fraction of sp³-hybridized carbons (Fsp3) is 0.583.